The normalized spacial score (nSPS) is 14.8. The molecule has 0 spiro atoms. The molecule has 9 heteroatoms. The van der Waals surface area contributed by atoms with Gasteiger partial charge in [-0.15, -0.1) is 0 Å². The van der Waals surface area contributed by atoms with Crippen molar-refractivity contribution < 1.29 is 0 Å². The number of aromatic nitrogens is 6. The molecule has 0 atom stereocenters. The van der Waals surface area contributed by atoms with E-state index in [4.69, 9.17) is 9.97 Å². The summed E-state index contributed by atoms with van der Waals surface area (Å²) in [6.07, 6.45) is 10.8. The Kier molecular flexibility index (Phi) is 4.23. The summed E-state index contributed by atoms with van der Waals surface area (Å²) in [6.45, 7) is 1.98. The van der Waals surface area contributed by atoms with E-state index in [0.29, 0.717) is 12.0 Å². The predicted molar refractivity (Wildman–Crippen MR) is 112 cm³/mol. The number of hydrogen-bond acceptors (Lipinski definition) is 7. The minimum absolute atomic E-state index is 0.453. The van der Waals surface area contributed by atoms with Crippen LogP contribution in [0, 0.1) is 6.92 Å². The predicted octanol–water partition coefficient (Wildman–Crippen LogP) is 4.02. The van der Waals surface area contributed by atoms with Crippen LogP contribution in [0.1, 0.15) is 31.4 Å². The molecular formula is C19H22N8S. The van der Waals surface area contributed by atoms with Crippen LogP contribution >= 0.6 is 11.5 Å². The maximum atomic E-state index is 4.83. The lowest BCUT2D eigenvalue weighted by molar-refractivity contribution is 0.751. The van der Waals surface area contributed by atoms with Gasteiger partial charge in [0, 0.05) is 25.5 Å². The zero-order valence-corrected chi connectivity index (χ0v) is 16.7. The summed E-state index contributed by atoms with van der Waals surface area (Å²) in [6, 6.07) is 4.48. The van der Waals surface area contributed by atoms with Crippen molar-refractivity contribution in [3.8, 4) is 5.69 Å². The van der Waals surface area contributed by atoms with E-state index in [1.54, 1.807) is 4.68 Å². The molecule has 1 fully saturated rings. The Balaban J connectivity index is 1.59. The molecule has 1 saturated carbocycles. The molecule has 0 saturated heterocycles. The molecule has 5 rings (SSSR count). The van der Waals surface area contributed by atoms with Crippen molar-refractivity contribution in [3.63, 3.8) is 0 Å². The lowest BCUT2D eigenvalue weighted by Gasteiger charge is -2.16. The van der Waals surface area contributed by atoms with Crippen molar-refractivity contribution in [2.24, 2.45) is 7.05 Å². The monoisotopic (exact) mass is 394 g/mol. The molecule has 0 amide bonds. The van der Waals surface area contributed by atoms with Gasteiger partial charge in [0.15, 0.2) is 5.82 Å². The maximum Gasteiger partial charge on any atom is 0.230 e. The molecule has 0 unspecified atom stereocenters. The van der Waals surface area contributed by atoms with Gasteiger partial charge in [0.2, 0.25) is 5.95 Å². The average molecular weight is 395 g/mol. The van der Waals surface area contributed by atoms with Gasteiger partial charge in [0.1, 0.15) is 10.5 Å². The third-order valence-electron chi connectivity index (χ3n) is 5.06. The zero-order valence-electron chi connectivity index (χ0n) is 15.9. The standard InChI is InChI=1S/C19H22N8S/c1-12-9-16(28-25-12)23-19-22-15-7-8-27(14-10-20-26(2)11-14)17(15)18(24-19)21-13-5-3-4-6-13/h7-11,13H,3-6H2,1-2H3,(H2,21,22,23,24). The van der Waals surface area contributed by atoms with E-state index in [1.165, 1.54) is 37.2 Å². The molecule has 0 radical (unpaired) electrons. The zero-order chi connectivity index (χ0) is 19.1. The molecule has 28 heavy (non-hydrogen) atoms. The van der Waals surface area contributed by atoms with Gasteiger partial charge in [-0.2, -0.15) is 14.5 Å². The number of nitrogens with zero attached hydrogens (tertiary/aromatic N) is 6. The maximum absolute atomic E-state index is 4.83. The molecule has 0 aromatic carbocycles. The Morgan fingerprint density at radius 2 is 2.07 bits per heavy atom. The van der Waals surface area contributed by atoms with Crippen molar-refractivity contribution in [3.05, 3.63) is 36.4 Å². The summed E-state index contributed by atoms with van der Waals surface area (Å²) in [7, 11) is 1.92. The first kappa shape index (κ1) is 17.2. The van der Waals surface area contributed by atoms with Crippen molar-refractivity contribution in [2.45, 2.75) is 38.6 Å². The van der Waals surface area contributed by atoms with E-state index >= 15 is 0 Å². The number of hydrogen-bond donors (Lipinski definition) is 2. The molecule has 4 aromatic rings. The van der Waals surface area contributed by atoms with Gasteiger partial charge in [-0.25, -0.2) is 4.98 Å². The second kappa shape index (κ2) is 6.90. The highest BCUT2D eigenvalue weighted by Crippen LogP contribution is 2.30. The van der Waals surface area contributed by atoms with Crippen LogP contribution in [0.4, 0.5) is 16.8 Å². The highest BCUT2D eigenvalue weighted by atomic mass is 32.1. The Morgan fingerprint density at radius 1 is 1.21 bits per heavy atom. The molecule has 0 aliphatic heterocycles. The minimum Gasteiger partial charge on any atom is -0.365 e. The van der Waals surface area contributed by atoms with E-state index in [9.17, 15) is 0 Å². The molecule has 8 nitrogen and oxygen atoms in total. The van der Waals surface area contributed by atoms with Gasteiger partial charge in [-0.3, -0.25) is 4.68 Å². The number of nitrogens with one attached hydrogen (secondary N) is 2. The molecule has 4 heterocycles. The van der Waals surface area contributed by atoms with Gasteiger partial charge in [0.05, 0.1) is 23.1 Å². The molecule has 1 aliphatic rings. The minimum atomic E-state index is 0.453. The van der Waals surface area contributed by atoms with Crippen molar-refractivity contribution >= 4 is 39.3 Å². The van der Waals surface area contributed by atoms with Crippen molar-refractivity contribution in [2.75, 3.05) is 10.6 Å². The van der Waals surface area contributed by atoms with Crippen LogP contribution in [0.25, 0.3) is 16.7 Å². The summed E-state index contributed by atoms with van der Waals surface area (Å²) in [5.41, 5.74) is 3.85. The summed E-state index contributed by atoms with van der Waals surface area (Å²) in [5, 5.41) is 12.2. The smallest absolute Gasteiger partial charge is 0.230 e. The Labute approximate surface area is 166 Å². The number of fused-ring (bicyclic) bond motifs is 1. The summed E-state index contributed by atoms with van der Waals surface area (Å²) in [4.78, 5) is 9.57. The van der Waals surface area contributed by atoms with Gasteiger partial charge < -0.3 is 15.2 Å². The number of aryl methyl sites for hydroxylation is 2. The molecule has 4 aromatic heterocycles. The third-order valence-corrected chi connectivity index (χ3v) is 5.86. The van der Waals surface area contributed by atoms with E-state index in [-0.39, 0.29) is 0 Å². The fraction of sp³-hybridized carbons (Fsp3) is 0.368. The fourth-order valence-corrected chi connectivity index (χ4v) is 4.40. The molecule has 2 N–H and O–H groups in total. The Bertz CT molecular complexity index is 1120. The van der Waals surface area contributed by atoms with E-state index < -0.39 is 0 Å². The van der Waals surface area contributed by atoms with Crippen LogP contribution in [0.3, 0.4) is 0 Å². The highest BCUT2D eigenvalue weighted by Gasteiger charge is 2.20. The van der Waals surface area contributed by atoms with Crippen LogP contribution in [-0.2, 0) is 7.05 Å². The molecule has 144 valence electrons. The second-order valence-electron chi connectivity index (χ2n) is 7.27. The number of anilines is 3. The Morgan fingerprint density at radius 3 is 2.79 bits per heavy atom. The lowest BCUT2D eigenvalue weighted by atomic mass is 10.2. The van der Waals surface area contributed by atoms with Gasteiger partial charge in [0.25, 0.3) is 0 Å². The molecule has 0 bridgehead atoms. The van der Waals surface area contributed by atoms with Crippen molar-refractivity contribution in [1.29, 1.82) is 0 Å². The van der Waals surface area contributed by atoms with Crippen LogP contribution in [0.15, 0.2) is 30.7 Å². The van der Waals surface area contributed by atoms with E-state index in [1.807, 2.05) is 44.7 Å². The summed E-state index contributed by atoms with van der Waals surface area (Å²) < 4.78 is 8.22. The first-order valence-electron chi connectivity index (χ1n) is 9.51. The van der Waals surface area contributed by atoms with Gasteiger partial charge >= 0.3 is 0 Å². The van der Waals surface area contributed by atoms with E-state index in [0.717, 1.165) is 33.2 Å². The summed E-state index contributed by atoms with van der Waals surface area (Å²) in [5.74, 6) is 1.44. The highest BCUT2D eigenvalue weighted by molar-refractivity contribution is 7.10. The molecular weight excluding hydrogens is 372 g/mol. The van der Waals surface area contributed by atoms with Gasteiger partial charge in [-0.05, 0) is 43.4 Å². The topological polar surface area (TPSA) is 85.5 Å². The van der Waals surface area contributed by atoms with E-state index in [2.05, 4.69) is 24.7 Å². The van der Waals surface area contributed by atoms with Gasteiger partial charge in [-0.1, -0.05) is 12.8 Å². The largest absolute Gasteiger partial charge is 0.365 e. The van der Waals surface area contributed by atoms with Crippen LogP contribution in [0.5, 0.6) is 0 Å². The van der Waals surface area contributed by atoms with Crippen LogP contribution in [-0.4, -0.2) is 34.7 Å². The SMILES string of the molecule is Cc1cc(Nc2nc(NC3CCCC3)c3c(ccn3-c3cnn(C)c3)n2)sn1. The fourth-order valence-electron chi connectivity index (χ4n) is 3.75. The van der Waals surface area contributed by atoms with Crippen LogP contribution < -0.4 is 10.6 Å². The number of rotatable bonds is 5. The first-order chi connectivity index (χ1) is 13.7. The molecule has 1 aliphatic carbocycles. The summed E-state index contributed by atoms with van der Waals surface area (Å²) >= 11 is 1.42. The third kappa shape index (κ3) is 3.22. The quantitative estimate of drug-likeness (QED) is 0.532. The van der Waals surface area contributed by atoms with Crippen LogP contribution in [0.2, 0.25) is 0 Å². The van der Waals surface area contributed by atoms with Crippen molar-refractivity contribution in [1.82, 2.24) is 28.7 Å². The first-order valence-corrected chi connectivity index (χ1v) is 10.3. The second-order valence-corrected chi connectivity index (χ2v) is 8.08. The average Bonchev–Trinajstić information content (AvgIpc) is 3.43. The Hall–Kier alpha value is -2.94. The lowest BCUT2D eigenvalue weighted by Crippen LogP contribution is -2.17.